The normalized spacial score (nSPS) is 12.9. The molecule has 0 aliphatic heterocycles. The number of hydrogen-bond donors (Lipinski definition) is 4. The summed E-state index contributed by atoms with van der Waals surface area (Å²) in [6, 6.07) is 8.34. The zero-order chi connectivity index (χ0) is 22.4. The highest BCUT2D eigenvalue weighted by Gasteiger charge is 2.27. The second kappa shape index (κ2) is 14.5. The predicted molar refractivity (Wildman–Crippen MR) is 116 cm³/mol. The number of amides is 2. The molecule has 0 spiro atoms. The lowest BCUT2D eigenvalue weighted by molar-refractivity contribution is -0.148. The van der Waals surface area contributed by atoms with Crippen LogP contribution >= 0.6 is 0 Å². The van der Waals surface area contributed by atoms with Crippen LogP contribution in [0.15, 0.2) is 30.3 Å². The molecule has 1 aromatic rings. The van der Waals surface area contributed by atoms with Gasteiger partial charge in [-0.25, -0.2) is 5.43 Å². The molecule has 0 saturated heterocycles. The van der Waals surface area contributed by atoms with E-state index in [-0.39, 0.29) is 37.4 Å². The SMILES string of the molecule is CCCCC(N[C@@H](CC(C)C)C(=O)NNCCC(N)=O)C(=O)OCc1ccccc1. The van der Waals surface area contributed by atoms with Crippen molar-refractivity contribution in [1.82, 2.24) is 16.2 Å². The number of hydrazine groups is 1. The second-order valence-corrected chi connectivity index (χ2v) is 7.77. The molecular weight excluding hydrogens is 384 g/mol. The monoisotopic (exact) mass is 420 g/mol. The maximum Gasteiger partial charge on any atom is 0.323 e. The highest BCUT2D eigenvalue weighted by Crippen LogP contribution is 2.11. The Kier molecular flexibility index (Phi) is 12.4. The molecule has 2 amide bonds. The summed E-state index contributed by atoms with van der Waals surface area (Å²) >= 11 is 0. The third-order valence-electron chi connectivity index (χ3n) is 4.49. The average molecular weight is 421 g/mol. The molecule has 1 aromatic carbocycles. The maximum atomic E-state index is 12.7. The van der Waals surface area contributed by atoms with Crippen LogP contribution < -0.4 is 21.9 Å². The van der Waals surface area contributed by atoms with E-state index < -0.39 is 18.0 Å². The summed E-state index contributed by atoms with van der Waals surface area (Å²) in [6.45, 7) is 6.51. The summed E-state index contributed by atoms with van der Waals surface area (Å²) in [7, 11) is 0. The molecule has 0 heterocycles. The molecule has 0 saturated carbocycles. The molecule has 5 N–H and O–H groups in total. The Morgan fingerprint density at radius 1 is 1.10 bits per heavy atom. The van der Waals surface area contributed by atoms with Gasteiger partial charge in [0.05, 0.1) is 6.04 Å². The number of hydrogen-bond acceptors (Lipinski definition) is 6. The minimum atomic E-state index is -0.575. The van der Waals surface area contributed by atoms with Crippen molar-refractivity contribution >= 4 is 17.8 Å². The summed E-state index contributed by atoms with van der Waals surface area (Å²) in [5.74, 6) is -0.860. The lowest BCUT2D eigenvalue weighted by atomic mass is 10.0. The number of carbonyl (C=O) groups is 3. The third kappa shape index (κ3) is 10.9. The zero-order valence-corrected chi connectivity index (χ0v) is 18.3. The molecule has 168 valence electrons. The van der Waals surface area contributed by atoms with Crippen molar-refractivity contribution < 1.29 is 19.1 Å². The number of unbranched alkanes of at least 4 members (excludes halogenated alkanes) is 1. The predicted octanol–water partition coefficient (Wildman–Crippen LogP) is 1.79. The van der Waals surface area contributed by atoms with E-state index in [1.807, 2.05) is 51.1 Å². The smallest absolute Gasteiger partial charge is 0.323 e. The Labute approximate surface area is 179 Å². The van der Waals surface area contributed by atoms with Crippen LogP contribution in [0.2, 0.25) is 0 Å². The number of rotatable bonds is 15. The van der Waals surface area contributed by atoms with Gasteiger partial charge in [0.2, 0.25) is 5.91 Å². The quantitative estimate of drug-likeness (QED) is 0.195. The molecule has 0 aromatic heterocycles. The van der Waals surface area contributed by atoms with Gasteiger partial charge in [0, 0.05) is 13.0 Å². The number of nitrogens with one attached hydrogen (secondary N) is 3. The summed E-state index contributed by atoms with van der Waals surface area (Å²) in [4.78, 5) is 36.2. The van der Waals surface area contributed by atoms with E-state index in [0.717, 1.165) is 18.4 Å². The zero-order valence-electron chi connectivity index (χ0n) is 18.3. The van der Waals surface area contributed by atoms with Gasteiger partial charge in [0.25, 0.3) is 5.91 Å². The number of esters is 1. The van der Waals surface area contributed by atoms with Gasteiger partial charge in [-0.05, 0) is 24.3 Å². The standard InChI is InChI=1S/C22H36N4O4/c1-4-5-11-18(22(29)30-15-17-9-7-6-8-10-17)25-19(14-16(2)3)21(28)26-24-13-12-20(23)27/h6-10,16,18-19,24-25H,4-5,11-15H2,1-3H3,(H2,23,27)(H,26,28)/t18?,19-/m0/s1. The van der Waals surface area contributed by atoms with E-state index in [1.54, 1.807) is 0 Å². The van der Waals surface area contributed by atoms with Crippen molar-refractivity contribution in [3.05, 3.63) is 35.9 Å². The highest BCUT2D eigenvalue weighted by molar-refractivity contribution is 5.83. The number of carbonyl (C=O) groups excluding carboxylic acids is 3. The Hall–Kier alpha value is -2.45. The molecule has 1 unspecified atom stereocenters. The summed E-state index contributed by atoms with van der Waals surface area (Å²) in [5, 5.41) is 3.19. The van der Waals surface area contributed by atoms with Gasteiger partial charge >= 0.3 is 5.97 Å². The van der Waals surface area contributed by atoms with E-state index in [0.29, 0.717) is 12.8 Å². The van der Waals surface area contributed by atoms with Gasteiger partial charge in [-0.15, -0.1) is 0 Å². The van der Waals surface area contributed by atoms with Gasteiger partial charge in [-0.3, -0.25) is 25.1 Å². The van der Waals surface area contributed by atoms with Crippen LogP contribution in [-0.2, 0) is 25.7 Å². The van der Waals surface area contributed by atoms with Crippen molar-refractivity contribution in [2.75, 3.05) is 6.54 Å². The van der Waals surface area contributed by atoms with E-state index in [9.17, 15) is 14.4 Å². The Bertz CT molecular complexity index is 652. The molecule has 0 fully saturated rings. The fourth-order valence-corrected chi connectivity index (χ4v) is 2.89. The molecule has 2 atom stereocenters. The van der Waals surface area contributed by atoms with Gasteiger partial charge in [-0.2, -0.15) is 0 Å². The first kappa shape index (κ1) is 25.6. The molecule has 30 heavy (non-hydrogen) atoms. The van der Waals surface area contributed by atoms with Crippen molar-refractivity contribution in [2.45, 2.75) is 71.6 Å². The van der Waals surface area contributed by atoms with E-state index in [4.69, 9.17) is 10.5 Å². The molecule has 1 rings (SSSR count). The van der Waals surface area contributed by atoms with Crippen LogP contribution in [0.1, 0.15) is 58.4 Å². The first-order valence-corrected chi connectivity index (χ1v) is 10.6. The van der Waals surface area contributed by atoms with Gasteiger partial charge in [0.1, 0.15) is 12.6 Å². The minimum absolute atomic E-state index is 0.119. The van der Waals surface area contributed by atoms with Crippen molar-refractivity contribution in [3.63, 3.8) is 0 Å². The van der Waals surface area contributed by atoms with Gasteiger partial charge in [-0.1, -0.05) is 63.9 Å². The Morgan fingerprint density at radius 3 is 2.40 bits per heavy atom. The summed E-state index contributed by atoms with van der Waals surface area (Å²) in [5.41, 5.74) is 11.3. The van der Waals surface area contributed by atoms with Crippen LogP contribution in [0.5, 0.6) is 0 Å². The molecule has 0 aliphatic carbocycles. The van der Waals surface area contributed by atoms with E-state index in [2.05, 4.69) is 16.2 Å². The van der Waals surface area contributed by atoms with Crippen molar-refractivity contribution in [2.24, 2.45) is 11.7 Å². The molecule has 8 nitrogen and oxygen atoms in total. The van der Waals surface area contributed by atoms with E-state index >= 15 is 0 Å². The van der Waals surface area contributed by atoms with Crippen molar-refractivity contribution in [1.29, 1.82) is 0 Å². The lowest BCUT2D eigenvalue weighted by Gasteiger charge is -2.25. The molecular formula is C22H36N4O4. The lowest BCUT2D eigenvalue weighted by Crippen LogP contribution is -2.54. The molecule has 0 radical (unpaired) electrons. The van der Waals surface area contributed by atoms with Crippen LogP contribution in [0.25, 0.3) is 0 Å². The summed E-state index contributed by atoms with van der Waals surface area (Å²) < 4.78 is 5.50. The highest BCUT2D eigenvalue weighted by atomic mass is 16.5. The van der Waals surface area contributed by atoms with Crippen LogP contribution in [0.3, 0.4) is 0 Å². The number of ether oxygens (including phenoxy) is 1. The number of nitrogens with two attached hydrogens (primary N) is 1. The van der Waals surface area contributed by atoms with Crippen LogP contribution in [0, 0.1) is 5.92 Å². The fraction of sp³-hybridized carbons (Fsp3) is 0.591. The summed E-state index contributed by atoms with van der Waals surface area (Å²) in [6.07, 6.45) is 3.03. The minimum Gasteiger partial charge on any atom is -0.460 e. The fourth-order valence-electron chi connectivity index (χ4n) is 2.89. The maximum absolute atomic E-state index is 12.7. The largest absolute Gasteiger partial charge is 0.460 e. The van der Waals surface area contributed by atoms with Crippen LogP contribution in [0.4, 0.5) is 0 Å². The second-order valence-electron chi connectivity index (χ2n) is 7.77. The number of benzene rings is 1. The van der Waals surface area contributed by atoms with E-state index in [1.165, 1.54) is 0 Å². The molecule has 8 heteroatoms. The molecule has 0 bridgehead atoms. The topological polar surface area (TPSA) is 123 Å². The number of primary amides is 1. The van der Waals surface area contributed by atoms with Crippen molar-refractivity contribution in [3.8, 4) is 0 Å². The Morgan fingerprint density at radius 2 is 1.80 bits per heavy atom. The van der Waals surface area contributed by atoms with Crippen LogP contribution in [-0.4, -0.2) is 36.4 Å². The molecule has 0 aliphatic rings. The first-order chi connectivity index (χ1) is 14.3. The van der Waals surface area contributed by atoms with Gasteiger partial charge in [0.15, 0.2) is 0 Å². The first-order valence-electron chi connectivity index (χ1n) is 10.6. The Balaban J connectivity index is 2.72. The average Bonchev–Trinajstić information content (AvgIpc) is 2.71. The van der Waals surface area contributed by atoms with Gasteiger partial charge < -0.3 is 10.5 Å². The third-order valence-corrected chi connectivity index (χ3v) is 4.49.